The van der Waals surface area contributed by atoms with Crippen molar-refractivity contribution >= 4 is 39.0 Å². The van der Waals surface area contributed by atoms with Gasteiger partial charge in [-0.2, -0.15) is 13.2 Å². The lowest BCUT2D eigenvalue weighted by molar-refractivity contribution is -0.139. The molecule has 13 heteroatoms. The molecule has 0 spiro atoms. The molecule has 2 aromatic heterocycles. The molecule has 0 bridgehead atoms. The van der Waals surface area contributed by atoms with Crippen molar-refractivity contribution in [1.82, 2.24) is 9.71 Å². The zero-order chi connectivity index (χ0) is 20.6. The molecule has 2 rings (SSSR count). The molecule has 2 heterocycles. The number of aryl methyl sites for hydroxylation is 2. The van der Waals surface area contributed by atoms with E-state index in [4.69, 9.17) is 5.73 Å². The number of nitrogens with two attached hydrogens (primary N) is 1. The van der Waals surface area contributed by atoms with E-state index in [0.29, 0.717) is 6.42 Å². The topological polar surface area (TPSA) is 114 Å². The highest BCUT2D eigenvalue weighted by molar-refractivity contribution is 7.92. The molecule has 0 saturated heterocycles. The van der Waals surface area contributed by atoms with E-state index in [1.165, 1.54) is 6.07 Å². The predicted molar refractivity (Wildman–Crippen MR) is 91.4 cm³/mol. The monoisotopic (exact) mass is 426 g/mol. The third-order valence-corrected chi connectivity index (χ3v) is 6.53. The largest absolute Gasteiger partial charge is 0.419 e. The second-order valence-corrected chi connectivity index (χ2v) is 8.38. The van der Waals surface area contributed by atoms with Crippen LogP contribution in [0.3, 0.4) is 0 Å². The van der Waals surface area contributed by atoms with Crippen LogP contribution in [0, 0.1) is 12.7 Å². The fourth-order valence-corrected chi connectivity index (χ4v) is 4.54. The molecule has 0 unspecified atom stereocenters. The molecule has 0 saturated carbocycles. The molecule has 0 fully saturated rings. The Morgan fingerprint density at radius 3 is 2.48 bits per heavy atom. The van der Waals surface area contributed by atoms with Crippen LogP contribution in [0.2, 0.25) is 0 Å². The zero-order valence-corrected chi connectivity index (χ0v) is 15.6. The van der Waals surface area contributed by atoms with Gasteiger partial charge in [-0.1, -0.05) is 6.92 Å². The standard InChI is InChI=1S/C14H14F4N4O3S2/c1-3-8-6(2)4-10(26-8)27(24,25)22-13(23)21-9-5-7(14(16,17)18)11(15)12(19)20-9/h4-5H,3H2,1-2H3,(H4,19,20,21,22,23). The number of carbonyl (C=O) groups is 1. The van der Waals surface area contributed by atoms with Crippen molar-refractivity contribution in [1.29, 1.82) is 0 Å². The Bertz CT molecular complexity index is 987. The first-order chi connectivity index (χ1) is 12.3. The molecule has 0 aliphatic carbocycles. The number of amides is 2. The van der Waals surface area contributed by atoms with Crippen LogP contribution in [-0.4, -0.2) is 19.4 Å². The molecule has 0 atom stereocenters. The lowest BCUT2D eigenvalue weighted by atomic mass is 10.2. The highest BCUT2D eigenvalue weighted by atomic mass is 32.2. The average molecular weight is 426 g/mol. The van der Waals surface area contributed by atoms with Crippen molar-refractivity contribution in [2.75, 3.05) is 11.1 Å². The summed E-state index contributed by atoms with van der Waals surface area (Å²) in [7, 11) is -4.25. The van der Waals surface area contributed by atoms with E-state index in [1.807, 2.05) is 6.92 Å². The number of urea groups is 1. The van der Waals surface area contributed by atoms with Gasteiger partial charge in [0.15, 0.2) is 11.6 Å². The molecule has 4 N–H and O–H groups in total. The Labute approximate surface area is 155 Å². The lowest BCUT2D eigenvalue weighted by Gasteiger charge is -2.12. The van der Waals surface area contributed by atoms with Crippen LogP contribution in [0.4, 0.5) is 34.0 Å². The number of pyridine rings is 1. The molecule has 2 amide bonds. The van der Waals surface area contributed by atoms with Gasteiger partial charge in [-0.15, -0.1) is 11.3 Å². The third-order valence-electron chi connectivity index (χ3n) is 3.34. The molecule has 0 aliphatic heterocycles. The fraction of sp³-hybridized carbons (Fsp3) is 0.286. The zero-order valence-electron chi connectivity index (χ0n) is 13.9. The average Bonchev–Trinajstić information content (AvgIpc) is 2.91. The third kappa shape index (κ3) is 4.66. The maximum atomic E-state index is 13.5. The number of anilines is 2. The second kappa shape index (κ2) is 7.31. The van der Waals surface area contributed by atoms with E-state index in [-0.39, 0.29) is 10.3 Å². The van der Waals surface area contributed by atoms with Gasteiger partial charge < -0.3 is 5.73 Å². The number of aromatic nitrogens is 1. The number of halogens is 4. The van der Waals surface area contributed by atoms with Crippen molar-refractivity contribution in [3.05, 3.63) is 34.0 Å². The van der Waals surface area contributed by atoms with E-state index in [1.54, 1.807) is 17.0 Å². The summed E-state index contributed by atoms with van der Waals surface area (Å²) in [4.78, 5) is 15.9. The molecule has 7 nitrogen and oxygen atoms in total. The Kier molecular flexibility index (Phi) is 5.65. The summed E-state index contributed by atoms with van der Waals surface area (Å²) in [6.45, 7) is 3.54. The normalized spacial score (nSPS) is 12.1. The summed E-state index contributed by atoms with van der Waals surface area (Å²) in [5, 5.41) is 1.80. The van der Waals surface area contributed by atoms with Crippen molar-refractivity contribution in [2.24, 2.45) is 0 Å². The molecule has 27 heavy (non-hydrogen) atoms. The van der Waals surface area contributed by atoms with Crippen LogP contribution >= 0.6 is 11.3 Å². The van der Waals surface area contributed by atoms with E-state index in [0.717, 1.165) is 21.8 Å². The van der Waals surface area contributed by atoms with Gasteiger partial charge in [0, 0.05) is 4.88 Å². The maximum Gasteiger partial charge on any atom is 0.419 e. The van der Waals surface area contributed by atoms with Crippen molar-refractivity contribution in [3.63, 3.8) is 0 Å². The van der Waals surface area contributed by atoms with Crippen LogP contribution in [0.15, 0.2) is 16.3 Å². The van der Waals surface area contributed by atoms with Crippen molar-refractivity contribution in [3.8, 4) is 0 Å². The van der Waals surface area contributed by atoms with E-state index in [9.17, 15) is 30.8 Å². The second-order valence-electron chi connectivity index (χ2n) is 5.34. The summed E-state index contributed by atoms with van der Waals surface area (Å²) < 4.78 is 77.7. The first kappa shape index (κ1) is 20.9. The summed E-state index contributed by atoms with van der Waals surface area (Å²) in [6, 6.07) is 0.211. The van der Waals surface area contributed by atoms with Gasteiger partial charge in [-0.25, -0.2) is 27.3 Å². The van der Waals surface area contributed by atoms with Crippen LogP contribution < -0.4 is 15.8 Å². The molecule has 148 valence electrons. The van der Waals surface area contributed by atoms with Gasteiger partial charge in [-0.05, 0) is 31.0 Å². The molecular weight excluding hydrogens is 412 g/mol. The molecular formula is C14H14F4N4O3S2. The number of nitrogen functional groups attached to an aromatic ring is 1. The van der Waals surface area contributed by atoms with Gasteiger partial charge in [0.25, 0.3) is 10.0 Å². The molecule has 0 radical (unpaired) electrons. The van der Waals surface area contributed by atoms with Gasteiger partial charge in [0.05, 0.1) is 5.56 Å². The van der Waals surface area contributed by atoms with Crippen LogP contribution in [-0.2, 0) is 22.6 Å². The Hall–Kier alpha value is -2.41. The predicted octanol–water partition coefficient (Wildman–Crippen LogP) is 3.26. The van der Waals surface area contributed by atoms with Gasteiger partial charge in [-0.3, -0.25) is 5.32 Å². The summed E-state index contributed by atoms with van der Waals surface area (Å²) >= 11 is 0.961. The minimum atomic E-state index is -5.08. The number of thiophene rings is 1. The number of nitrogens with zero attached hydrogens (tertiary/aromatic N) is 1. The summed E-state index contributed by atoms with van der Waals surface area (Å²) in [5.74, 6) is -3.64. The van der Waals surface area contributed by atoms with Crippen molar-refractivity contribution in [2.45, 2.75) is 30.7 Å². The van der Waals surface area contributed by atoms with Crippen LogP contribution in [0.25, 0.3) is 0 Å². The van der Waals surface area contributed by atoms with Crippen LogP contribution in [0.1, 0.15) is 22.9 Å². The minimum Gasteiger partial charge on any atom is -0.381 e. The number of carbonyl (C=O) groups excluding carboxylic acids is 1. The Balaban J connectivity index is 2.23. The highest BCUT2D eigenvalue weighted by Gasteiger charge is 2.36. The van der Waals surface area contributed by atoms with Gasteiger partial charge in [0.2, 0.25) is 0 Å². The SMILES string of the molecule is CCc1sc(S(=O)(=O)NC(=O)Nc2cc(C(F)(F)F)c(F)c(N)n2)cc1C. The maximum absolute atomic E-state index is 13.5. The molecule has 2 aromatic rings. The van der Waals surface area contributed by atoms with E-state index < -0.39 is 45.2 Å². The van der Waals surface area contributed by atoms with Gasteiger partial charge in [0.1, 0.15) is 10.0 Å². The lowest BCUT2D eigenvalue weighted by Crippen LogP contribution is -2.34. The summed E-state index contributed by atoms with van der Waals surface area (Å²) in [5.41, 5.74) is 4.06. The highest BCUT2D eigenvalue weighted by Crippen LogP contribution is 2.34. The van der Waals surface area contributed by atoms with E-state index in [2.05, 4.69) is 4.98 Å². The van der Waals surface area contributed by atoms with Gasteiger partial charge >= 0.3 is 12.2 Å². The summed E-state index contributed by atoms with van der Waals surface area (Å²) in [6.07, 6.45) is -4.48. The molecule has 0 aromatic carbocycles. The number of rotatable bonds is 4. The quantitative estimate of drug-likeness (QED) is 0.650. The number of sulfonamides is 1. The van der Waals surface area contributed by atoms with E-state index >= 15 is 0 Å². The van der Waals surface area contributed by atoms with Crippen LogP contribution in [0.5, 0.6) is 0 Å². The first-order valence-electron chi connectivity index (χ1n) is 7.31. The fourth-order valence-electron chi connectivity index (χ4n) is 2.11. The minimum absolute atomic E-state index is 0.130. The number of hydrogen-bond acceptors (Lipinski definition) is 6. The first-order valence-corrected chi connectivity index (χ1v) is 9.61. The Morgan fingerprint density at radius 2 is 1.96 bits per heavy atom. The number of alkyl halides is 3. The number of nitrogens with one attached hydrogen (secondary N) is 2. The molecule has 0 aliphatic rings. The number of hydrogen-bond donors (Lipinski definition) is 3. The Morgan fingerprint density at radius 1 is 1.33 bits per heavy atom. The smallest absolute Gasteiger partial charge is 0.381 e. The van der Waals surface area contributed by atoms with Crippen molar-refractivity contribution < 1.29 is 30.8 Å².